The molecule has 0 saturated carbocycles. The van der Waals surface area contributed by atoms with Gasteiger partial charge < -0.3 is 64.0 Å². The summed E-state index contributed by atoms with van der Waals surface area (Å²) in [7, 11) is 0. The fourth-order valence-electron chi connectivity index (χ4n) is 5.50. The van der Waals surface area contributed by atoms with Crippen molar-refractivity contribution in [2.45, 2.75) is 100 Å². The van der Waals surface area contributed by atoms with Crippen molar-refractivity contribution in [3.63, 3.8) is 0 Å². The number of nitrogens with two attached hydrogens (primary N) is 3. The summed E-state index contributed by atoms with van der Waals surface area (Å²) < 4.78 is 0. The van der Waals surface area contributed by atoms with Crippen LogP contribution in [0.25, 0.3) is 0 Å². The van der Waals surface area contributed by atoms with E-state index in [-0.39, 0.29) is 51.3 Å². The Hall–Kier alpha value is -5.05. The van der Waals surface area contributed by atoms with Crippen LogP contribution in [0.2, 0.25) is 0 Å². The van der Waals surface area contributed by atoms with Crippen molar-refractivity contribution in [3.05, 3.63) is 0 Å². The normalized spacial score (nSPS) is 25.5. The van der Waals surface area contributed by atoms with Gasteiger partial charge in [-0.2, -0.15) is 0 Å². The number of hydrogen-bond acceptors (Lipinski definition) is 11. The minimum Gasteiger partial charge on any atom is -0.481 e. The van der Waals surface area contributed by atoms with Crippen LogP contribution in [0.1, 0.15) is 64.2 Å². The fourth-order valence-corrected chi connectivity index (χ4v) is 5.50. The number of carbonyl (C=O) groups is 8. The summed E-state index contributed by atoms with van der Waals surface area (Å²) in [6, 6.07) is -8.78. The number of carboxylic acids is 2. The number of hydrogen-bond donors (Lipinski definition) is 11. The van der Waals surface area contributed by atoms with Crippen LogP contribution in [0.15, 0.2) is 4.99 Å². The van der Waals surface area contributed by atoms with Crippen molar-refractivity contribution in [1.29, 1.82) is 0 Å². The van der Waals surface area contributed by atoms with Crippen molar-refractivity contribution in [2.75, 3.05) is 26.2 Å². The summed E-state index contributed by atoms with van der Waals surface area (Å²) in [6.45, 7) is -0.587. The predicted octanol–water partition coefficient (Wildman–Crippen LogP) is -5.07. The van der Waals surface area contributed by atoms with Gasteiger partial charge in [0.2, 0.25) is 35.4 Å². The van der Waals surface area contributed by atoms with Crippen LogP contribution >= 0.6 is 0 Å². The molecule has 2 heterocycles. The number of aliphatic carboxylic acids is 2. The Bertz CT molecular complexity index is 1290. The molecule has 21 heteroatoms. The second-order valence-electron chi connectivity index (χ2n) is 11.9. The highest BCUT2D eigenvalue weighted by Gasteiger charge is 2.41. The lowest BCUT2D eigenvalue weighted by Crippen LogP contribution is -2.61. The number of aliphatic imine (C=N–C) groups is 1. The highest BCUT2D eigenvalue weighted by atomic mass is 16.4. The van der Waals surface area contributed by atoms with Gasteiger partial charge in [0.05, 0.1) is 13.0 Å². The third-order valence-corrected chi connectivity index (χ3v) is 8.09. The van der Waals surface area contributed by atoms with Gasteiger partial charge in [-0.25, -0.2) is 0 Å². The van der Waals surface area contributed by atoms with Crippen molar-refractivity contribution in [3.8, 4) is 0 Å². The maximum atomic E-state index is 13.6. The molecule has 2 aliphatic heterocycles. The van der Waals surface area contributed by atoms with E-state index in [1.165, 1.54) is 0 Å². The lowest BCUT2D eigenvalue weighted by molar-refractivity contribution is -0.146. The van der Waals surface area contributed by atoms with E-state index in [0.717, 1.165) is 4.90 Å². The second kappa shape index (κ2) is 20.5. The lowest BCUT2D eigenvalue weighted by atomic mass is 10.0. The molecule has 0 aromatic rings. The number of nitrogens with one attached hydrogen (secondary N) is 5. The monoisotopic (exact) mass is 712 g/mol. The number of fused-ring (bicyclic) bond motifs is 1. The summed E-state index contributed by atoms with van der Waals surface area (Å²) in [5.74, 6) is -8.63. The second-order valence-corrected chi connectivity index (χ2v) is 11.9. The van der Waals surface area contributed by atoms with Gasteiger partial charge in [-0.05, 0) is 57.9 Å². The van der Waals surface area contributed by atoms with Gasteiger partial charge in [0.25, 0.3) is 0 Å². The Kier molecular flexibility index (Phi) is 16.8. The van der Waals surface area contributed by atoms with E-state index in [0.29, 0.717) is 19.3 Å². The molecular formula is C29H48N10O11. The van der Waals surface area contributed by atoms with Gasteiger partial charge in [-0.1, -0.05) is 0 Å². The Balaban J connectivity index is 2.60. The van der Waals surface area contributed by atoms with Gasteiger partial charge >= 0.3 is 11.9 Å². The molecule has 14 N–H and O–H groups in total. The average molecular weight is 713 g/mol. The number of unbranched alkanes of at least 4 members (excludes halogenated alkanes) is 1. The molecule has 0 radical (unpaired) electrons. The van der Waals surface area contributed by atoms with Crippen molar-refractivity contribution < 1.29 is 53.7 Å². The zero-order valence-corrected chi connectivity index (χ0v) is 27.6. The van der Waals surface area contributed by atoms with Gasteiger partial charge in [-0.15, -0.1) is 0 Å². The van der Waals surface area contributed by atoms with E-state index in [1.54, 1.807) is 0 Å². The predicted molar refractivity (Wildman–Crippen MR) is 173 cm³/mol. The van der Waals surface area contributed by atoms with E-state index < -0.39 is 110 Å². The maximum Gasteiger partial charge on any atom is 0.305 e. The van der Waals surface area contributed by atoms with Crippen LogP contribution in [-0.2, 0) is 38.4 Å². The number of carbonyl (C=O) groups excluding carboxylic acids is 6. The molecule has 6 atom stereocenters. The van der Waals surface area contributed by atoms with Crippen molar-refractivity contribution in [2.24, 2.45) is 22.2 Å². The topological polar surface area (TPSA) is 351 Å². The third kappa shape index (κ3) is 13.1. The molecule has 0 aliphatic carbocycles. The first-order chi connectivity index (χ1) is 23.7. The summed E-state index contributed by atoms with van der Waals surface area (Å²) in [4.78, 5) is 109. The van der Waals surface area contributed by atoms with Crippen LogP contribution in [0.3, 0.4) is 0 Å². The first kappa shape index (κ1) is 41.1. The number of guanidine groups is 1. The first-order valence-corrected chi connectivity index (χ1v) is 16.3. The largest absolute Gasteiger partial charge is 0.481 e. The highest BCUT2D eigenvalue weighted by Crippen LogP contribution is 2.20. The van der Waals surface area contributed by atoms with E-state index in [9.17, 15) is 53.7 Å². The van der Waals surface area contributed by atoms with Crippen LogP contribution in [0.5, 0.6) is 0 Å². The van der Waals surface area contributed by atoms with Gasteiger partial charge in [-0.3, -0.25) is 43.3 Å². The Morgan fingerprint density at radius 3 is 1.76 bits per heavy atom. The molecule has 2 fully saturated rings. The molecule has 2 saturated heterocycles. The van der Waals surface area contributed by atoms with Gasteiger partial charge in [0.15, 0.2) is 5.96 Å². The summed E-state index contributed by atoms with van der Waals surface area (Å²) in [5.41, 5.74) is 16.3. The summed E-state index contributed by atoms with van der Waals surface area (Å²) in [6.07, 6.45) is -0.701. The lowest BCUT2D eigenvalue weighted by Gasteiger charge is -2.31. The molecule has 0 unspecified atom stereocenters. The number of nitrogens with zero attached hydrogens (tertiary/aromatic N) is 2. The molecule has 280 valence electrons. The molecule has 0 aromatic heterocycles. The molecule has 6 amide bonds. The van der Waals surface area contributed by atoms with Crippen molar-refractivity contribution >= 4 is 53.3 Å². The van der Waals surface area contributed by atoms with Gasteiger partial charge in [0, 0.05) is 19.5 Å². The summed E-state index contributed by atoms with van der Waals surface area (Å²) in [5, 5.41) is 40.9. The van der Waals surface area contributed by atoms with Crippen LogP contribution in [0, 0.1) is 0 Å². The number of carboxylic acid groups (broad SMARTS) is 2. The summed E-state index contributed by atoms with van der Waals surface area (Å²) >= 11 is 0. The number of aliphatic hydroxyl groups excluding tert-OH is 1. The SMILES string of the molecule is NCCCC[C@@H]1NC(=O)[C@H](CO)NC(=O)[C@@H]2CCCN2C(=O)[C@H](CC(=O)O)NC(=O)[C@H](CCC(=O)O)NC(=O)[C@H](CCCN=C(N)N)NC1=O. The smallest absolute Gasteiger partial charge is 0.305 e. The number of aliphatic hydroxyl groups is 1. The molecule has 0 bridgehead atoms. The quantitative estimate of drug-likeness (QED) is 0.0456. The molecular weight excluding hydrogens is 664 g/mol. The molecule has 21 nitrogen and oxygen atoms in total. The molecule has 50 heavy (non-hydrogen) atoms. The van der Waals surface area contributed by atoms with E-state index in [1.807, 2.05) is 0 Å². The Labute approximate surface area is 287 Å². The Morgan fingerprint density at radius 2 is 1.24 bits per heavy atom. The van der Waals surface area contributed by atoms with Gasteiger partial charge in [0.1, 0.15) is 36.3 Å². The van der Waals surface area contributed by atoms with Crippen LogP contribution < -0.4 is 43.8 Å². The molecule has 2 aliphatic rings. The average Bonchev–Trinajstić information content (AvgIpc) is 3.55. The molecule has 0 spiro atoms. The Morgan fingerprint density at radius 1 is 0.720 bits per heavy atom. The standard InChI is InChI=1S/C29H48N10O11/c30-10-2-1-5-15-23(45)34-16(6-3-11-33-29(31)32)24(46)36-17(8-9-21(41)42)25(47)37-18(13-22(43)44)28(50)39-12-4-7-20(39)27(49)38-19(14-40)26(48)35-15/h15-20,40H,1-14,30H2,(H,34,45)(H,35,48)(H,36,46)(H,37,47)(H,38,49)(H,41,42)(H,43,44)(H4,31,32,33)/t15-,16-,17-,18-,19-,20-/m0/s1. The van der Waals surface area contributed by atoms with Crippen LogP contribution in [-0.4, -0.2) is 136 Å². The maximum absolute atomic E-state index is 13.6. The molecule has 0 aromatic carbocycles. The fraction of sp³-hybridized carbons (Fsp3) is 0.690. The highest BCUT2D eigenvalue weighted by molar-refractivity contribution is 5.99. The van der Waals surface area contributed by atoms with Crippen molar-refractivity contribution in [1.82, 2.24) is 31.5 Å². The zero-order chi connectivity index (χ0) is 37.4. The number of rotatable bonds is 14. The first-order valence-electron chi connectivity index (χ1n) is 16.3. The third-order valence-electron chi connectivity index (χ3n) is 8.09. The van der Waals surface area contributed by atoms with E-state index >= 15 is 0 Å². The molecule has 2 rings (SSSR count). The van der Waals surface area contributed by atoms with E-state index in [4.69, 9.17) is 17.2 Å². The zero-order valence-electron chi connectivity index (χ0n) is 27.6. The minimum absolute atomic E-state index is 0.0109. The van der Waals surface area contributed by atoms with E-state index in [2.05, 4.69) is 31.6 Å². The van der Waals surface area contributed by atoms with Crippen LogP contribution in [0.4, 0.5) is 0 Å². The number of amides is 6. The minimum atomic E-state index is -1.74.